The third kappa shape index (κ3) is 4.01. The Hall–Kier alpha value is -2.17. The molecular weight excluding hydrogens is 239 g/mol. The van der Waals surface area contributed by atoms with Crippen LogP contribution in [0.5, 0.6) is 5.75 Å². The van der Waals surface area contributed by atoms with Crippen molar-refractivity contribution in [1.82, 2.24) is 0 Å². The van der Waals surface area contributed by atoms with Gasteiger partial charge in [0.1, 0.15) is 11.6 Å². The molecule has 0 aliphatic rings. The minimum atomic E-state index is -1.24. The summed E-state index contributed by atoms with van der Waals surface area (Å²) in [5.41, 5.74) is 0.00111. The molecule has 1 N–H and O–H groups in total. The van der Waals surface area contributed by atoms with Crippen molar-refractivity contribution in [2.24, 2.45) is 0 Å². The van der Waals surface area contributed by atoms with E-state index >= 15 is 0 Å². The molecule has 0 amide bonds. The predicted octanol–water partition coefficient (Wildman–Crippen LogP) is 2.44. The summed E-state index contributed by atoms with van der Waals surface area (Å²) >= 11 is 0. The summed E-state index contributed by atoms with van der Waals surface area (Å²) in [6, 6.07) is 3.54. The van der Waals surface area contributed by atoms with E-state index in [0.29, 0.717) is 6.08 Å². The fraction of sp³-hybridized carbons (Fsp3) is 0.231. The third-order valence-electron chi connectivity index (χ3n) is 1.95. The molecule has 4 nitrogen and oxygen atoms in total. The second-order valence-electron chi connectivity index (χ2n) is 3.84. The summed E-state index contributed by atoms with van der Waals surface area (Å²) in [5.74, 6) is -2.22. The highest BCUT2D eigenvalue weighted by Crippen LogP contribution is 2.22. The van der Waals surface area contributed by atoms with Crippen LogP contribution < -0.4 is 4.74 Å². The van der Waals surface area contributed by atoms with E-state index in [1.165, 1.54) is 12.1 Å². The molecule has 1 aromatic carbocycles. The number of carbonyl (C=O) groups excluding carboxylic acids is 1. The first-order valence-corrected chi connectivity index (χ1v) is 5.31. The Morgan fingerprint density at radius 1 is 1.33 bits per heavy atom. The van der Waals surface area contributed by atoms with Gasteiger partial charge in [0.2, 0.25) is 0 Å². The maximum atomic E-state index is 13.1. The molecule has 0 saturated heterocycles. The highest BCUT2D eigenvalue weighted by atomic mass is 19.1. The molecular formula is C13H13FO4. The van der Waals surface area contributed by atoms with Crippen molar-refractivity contribution < 1.29 is 23.8 Å². The van der Waals surface area contributed by atoms with Gasteiger partial charge in [-0.05, 0) is 38.1 Å². The smallest absolute Gasteiger partial charge is 0.328 e. The molecule has 0 bridgehead atoms. The molecule has 0 aliphatic carbocycles. The van der Waals surface area contributed by atoms with Crippen LogP contribution in [0.15, 0.2) is 30.4 Å². The van der Waals surface area contributed by atoms with Gasteiger partial charge in [-0.15, -0.1) is 0 Å². The summed E-state index contributed by atoms with van der Waals surface area (Å²) in [5, 5.41) is 8.43. The lowest BCUT2D eigenvalue weighted by Gasteiger charge is -2.12. The summed E-state index contributed by atoms with van der Waals surface area (Å²) in [6.07, 6.45) is 1.39. The van der Waals surface area contributed by atoms with Gasteiger partial charge >= 0.3 is 5.97 Å². The molecule has 0 atom stereocenters. The molecule has 1 rings (SSSR count). The number of aliphatic carboxylic acids is 1. The standard InChI is InChI=1S/C13H13FO4/c1-8(2)18-12-5-3-9(14)7-10(12)11(15)4-6-13(16)17/h3-8H,1-2H3,(H,16,17)/b6-4+. The summed E-state index contributed by atoms with van der Waals surface area (Å²) < 4.78 is 18.5. The first-order valence-electron chi connectivity index (χ1n) is 5.31. The van der Waals surface area contributed by atoms with Crippen LogP contribution in [0.1, 0.15) is 24.2 Å². The summed E-state index contributed by atoms with van der Waals surface area (Å²) in [6.45, 7) is 3.54. The number of carboxylic acid groups (broad SMARTS) is 1. The number of hydrogen-bond donors (Lipinski definition) is 1. The first kappa shape index (κ1) is 13.9. The highest BCUT2D eigenvalue weighted by Gasteiger charge is 2.13. The van der Waals surface area contributed by atoms with Crippen LogP contribution in [0.3, 0.4) is 0 Å². The second-order valence-corrected chi connectivity index (χ2v) is 3.84. The van der Waals surface area contributed by atoms with Crippen LogP contribution in [0.25, 0.3) is 0 Å². The average molecular weight is 252 g/mol. The van der Waals surface area contributed by atoms with E-state index < -0.39 is 17.6 Å². The van der Waals surface area contributed by atoms with Crippen molar-refractivity contribution >= 4 is 11.8 Å². The lowest BCUT2D eigenvalue weighted by Crippen LogP contribution is -2.09. The van der Waals surface area contributed by atoms with E-state index in [9.17, 15) is 14.0 Å². The molecule has 0 unspecified atom stereocenters. The molecule has 0 aliphatic heterocycles. The molecule has 0 saturated carbocycles. The van der Waals surface area contributed by atoms with E-state index in [-0.39, 0.29) is 17.4 Å². The molecule has 1 aromatic rings. The van der Waals surface area contributed by atoms with Crippen molar-refractivity contribution in [1.29, 1.82) is 0 Å². The predicted molar refractivity (Wildman–Crippen MR) is 63.3 cm³/mol. The number of benzene rings is 1. The van der Waals surface area contributed by atoms with Gasteiger partial charge < -0.3 is 9.84 Å². The normalized spacial score (nSPS) is 10.9. The van der Waals surface area contributed by atoms with Gasteiger partial charge in [0, 0.05) is 6.08 Å². The Morgan fingerprint density at radius 2 is 2.00 bits per heavy atom. The Morgan fingerprint density at radius 3 is 2.56 bits per heavy atom. The monoisotopic (exact) mass is 252 g/mol. The number of hydrogen-bond acceptors (Lipinski definition) is 3. The van der Waals surface area contributed by atoms with Crippen molar-refractivity contribution in [3.63, 3.8) is 0 Å². The largest absolute Gasteiger partial charge is 0.490 e. The van der Waals surface area contributed by atoms with Crippen molar-refractivity contribution in [2.75, 3.05) is 0 Å². The molecule has 96 valence electrons. The zero-order valence-electron chi connectivity index (χ0n) is 10.0. The number of halogens is 1. The molecule has 0 spiro atoms. The minimum Gasteiger partial charge on any atom is -0.490 e. The van der Waals surface area contributed by atoms with Crippen LogP contribution in [0, 0.1) is 5.82 Å². The number of carbonyl (C=O) groups is 2. The molecule has 18 heavy (non-hydrogen) atoms. The van der Waals surface area contributed by atoms with Crippen molar-refractivity contribution in [3.05, 3.63) is 41.7 Å². The van der Waals surface area contributed by atoms with E-state index in [0.717, 1.165) is 12.1 Å². The van der Waals surface area contributed by atoms with Crippen molar-refractivity contribution in [2.45, 2.75) is 20.0 Å². The van der Waals surface area contributed by atoms with Crippen LogP contribution >= 0.6 is 0 Å². The van der Waals surface area contributed by atoms with Crippen LogP contribution in [-0.2, 0) is 4.79 Å². The number of carboxylic acids is 1. The fourth-order valence-corrected chi connectivity index (χ4v) is 1.29. The first-order chi connectivity index (χ1) is 8.40. The van der Waals surface area contributed by atoms with Gasteiger partial charge in [0.05, 0.1) is 11.7 Å². The Bertz CT molecular complexity index is 492. The molecule has 5 heteroatoms. The summed E-state index contributed by atoms with van der Waals surface area (Å²) in [7, 11) is 0. The van der Waals surface area contributed by atoms with E-state index in [1.807, 2.05) is 0 Å². The average Bonchev–Trinajstić information content (AvgIpc) is 2.27. The molecule has 0 radical (unpaired) electrons. The van der Waals surface area contributed by atoms with E-state index in [4.69, 9.17) is 9.84 Å². The van der Waals surface area contributed by atoms with Gasteiger partial charge in [-0.2, -0.15) is 0 Å². The Balaban J connectivity index is 3.08. The fourth-order valence-electron chi connectivity index (χ4n) is 1.29. The van der Waals surface area contributed by atoms with Gasteiger partial charge in [0.15, 0.2) is 5.78 Å². The number of rotatable bonds is 5. The Labute approximate surface area is 104 Å². The van der Waals surface area contributed by atoms with Gasteiger partial charge in [-0.3, -0.25) is 4.79 Å². The highest BCUT2D eigenvalue weighted by molar-refractivity contribution is 6.08. The molecule has 0 heterocycles. The topological polar surface area (TPSA) is 63.6 Å². The van der Waals surface area contributed by atoms with Crippen LogP contribution in [-0.4, -0.2) is 23.0 Å². The summed E-state index contributed by atoms with van der Waals surface area (Å²) in [4.78, 5) is 22.0. The van der Waals surface area contributed by atoms with Gasteiger partial charge in [-0.25, -0.2) is 9.18 Å². The molecule has 0 fully saturated rings. The van der Waals surface area contributed by atoms with E-state index in [2.05, 4.69) is 0 Å². The quantitative estimate of drug-likeness (QED) is 0.645. The van der Waals surface area contributed by atoms with E-state index in [1.54, 1.807) is 13.8 Å². The maximum Gasteiger partial charge on any atom is 0.328 e. The van der Waals surface area contributed by atoms with Gasteiger partial charge in [0.25, 0.3) is 0 Å². The SMILES string of the molecule is CC(C)Oc1ccc(F)cc1C(=O)/C=C/C(=O)O. The minimum absolute atomic E-state index is 0.00111. The zero-order chi connectivity index (χ0) is 13.7. The zero-order valence-corrected chi connectivity index (χ0v) is 10.0. The van der Waals surface area contributed by atoms with Crippen LogP contribution in [0.4, 0.5) is 4.39 Å². The number of ketones is 1. The lowest BCUT2D eigenvalue weighted by atomic mass is 10.1. The van der Waals surface area contributed by atoms with Crippen LogP contribution in [0.2, 0.25) is 0 Å². The number of ether oxygens (including phenoxy) is 1. The third-order valence-corrected chi connectivity index (χ3v) is 1.95. The number of allylic oxidation sites excluding steroid dienone is 1. The van der Waals surface area contributed by atoms with Gasteiger partial charge in [-0.1, -0.05) is 0 Å². The lowest BCUT2D eigenvalue weighted by molar-refractivity contribution is -0.131. The molecule has 0 aromatic heterocycles. The second kappa shape index (κ2) is 5.95. The maximum absolute atomic E-state index is 13.1. The van der Waals surface area contributed by atoms with Crippen molar-refractivity contribution in [3.8, 4) is 5.75 Å². The Kier molecular flexibility index (Phi) is 4.59.